The van der Waals surface area contributed by atoms with Gasteiger partial charge in [0.05, 0.1) is 0 Å². The summed E-state index contributed by atoms with van der Waals surface area (Å²) in [4.78, 5) is 10.3. The first-order valence-corrected chi connectivity index (χ1v) is 3.96. The lowest BCUT2D eigenvalue weighted by Gasteiger charge is -1.98. The molecule has 0 radical (unpaired) electrons. The van der Waals surface area contributed by atoms with Gasteiger partial charge in [0.25, 0.3) is 0 Å². The van der Waals surface area contributed by atoms with Crippen LogP contribution in [0.2, 0.25) is 0 Å². The van der Waals surface area contributed by atoms with Crippen molar-refractivity contribution >= 4 is 17.9 Å². The van der Waals surface area contributed by atoms with E-state index in [0.29, 0.717) is 0 Å². The molecule has 0 rings (SSSR count). The van der Waals surface area contributed by atoms with Gasteiger partial charge in [0, 0.05) is 10.6 Å². The highest BCUT2D eigenvalue weighted by Crippen LogP contribution is 2.16. The Hall–Kier alpha value is -0.300. The largest absolute Gasteiger partial charge is 0.298 e. The second-order valence-electron chi connectivity index (χ2n) is 2.15. The van der Waals surface area contributed by atoms with Crippen molar-refractivity contribution in [2.45, 2.75) is 33.1 Å². The minimum absolute atomic E-state index is 0.722. The molecule has 0 aliphatic carbocycles. The molecule has 0 aliphatic rings. The van der Waals surface area contributed by atoms with Crippen LogP contribution in [0.1, 0.15) is 33.1 Å². The van der Waals surface area contributed by atoms with Gasteiger partial charge in [-0.05, 0) is 12.8 Å². The Morgan fingerprint density at radius 1 is 1.50 bits per heavy atom. The van der Waals surface area contributed by atoms with Crippen molar-refractivity contribution in [3.63, 3.8) is 0 Å². The first-order chi connectivity index (χ1) is 4.76. The van der Waals surface area contributed by atoms with E-state index in [-0.39, 0.29) is 0 Å². The lowest BCUT2D eigenvalue weighted by molar-refractivity contribution is -0.105. The predicted molar refractivity (Wildman–Crippen MR) is 44.1 cm³/mol. The molecule has 0 saturated heterocycles. The second-order valence-corrected chi connectivity index (χ2v) is 2.61. The van der Waals surface area contributed by atoms with E-state index in [0.717, 1.165) is 36.2 Å². The molecule has 0 aromatic carbocycles. The number of carbonyl (C=O) groups excluding carboxylic acids is 1. The van der Waals surface area contributed by atoms with Crippen LogP contribution in [0, 0.1) is 0 Å². The summed E-state index contributed by atoms with van der Waals surface area (Å²) in [6.45, 7) is 3.97. The molecule has 0 aliphatic heterocycles. The maximum Gasteiger partial charge on any atom is 0.147 e. The molecule has 0 atom stereocenters. The topological polar surface area (TPSA) is 17.1 Å². The molecule has 0 N–H and O–H groups in total. The average Bonchev–Trinajstić information content (AvgIpc) is 1.91. The second kappa shape index (κ2) is 5.48. The van der Waals surface area contributed by atoms with Crippen LogP contribution < -0.4 is 0 Å². The van der Waals surface area contributed by atoms with Crippen LogP contribution in [0.5, 0.6) is 0 Å². The maximum absolute atomic E-state index is 10.3. The Morgan fingerprint density at radius 2 is 2.10 bits per heavy atom. The van der Waals surface area contributed by atoms with E-state index in [9.17, 15) is 4.79 Å². The molecule has 0 saturated carbocycles. The van der Waals surface area contributed by atoms with Crippen LogP contribution in [0.25, 0.3) is 0 Å². The molecule has 0 aromatic rings. The Morgan fingerprint density at radius 3 is 2.40 bits per heavy atom. The highest BCUT2D eigenvalue weighted by atomic mass is 35.5. The summed E-state index contributed by atoms with van der Waals surface area (Å²) in [5.41, 5.74) is 0.739. The molecule has 0 amide bonds. The quantitative estimate of drug-likeness (QED) is 0.457. The van der Waals surface area contributed by atoms with E-state index < -0.39 is 0 Å². The van der Waals surface area contributed by atoms with Crippen molar-refractivity contribution in [2.24, 2.45) is 0 Å². The SMILES string of the molecule is CCC/C(Cl)=C(\C=O)CC. The number of hydrogen-bond acceptors (Lipinski definition) is 1. The van der Waals surface area contributed by atoms with E-state index in [1.54, 1.807) is 0 Å². The molecule has 2 heteroatoms. The molecule has 0 unspecified atom stereocenters. The van der Waals surface area contributed by atoms with Gasteiger partial charge in [-0.3, -0.25) is 4.79 Å². The van der Waals surface area contributed by atoms with Crippen molar-refractivity contribution in [3.05, 3.63) is 10.6 Å². The van der Waals surface area contributed by atoms with Crippen molar-refractivity contribution < 1.29 is 4.79 Å². The van der Waals surface area contributed by atoms with Crippen LogP contribution >= 0.6 is 11.6 Å². The number of allylic oxidation sites excluding steroid dienone is 2. The summed E-state index contributed by atoms with van der Waals surface area (Å²) in [5.74, 6) is 0. The standard InChI is InChI=1S/C8H13ClO/c1-3-5-8(9)7(4-2)6-10/h6H,3-5H2,1-2H3/b8-7+. The highest BCUT2D eigenvalue weighted by molar-refractivity contribution is 6.31. The fraction of sp³-hybridized carbons (Fsp3) is 0.625. The third-order valence-corrected chi connectivity index (χ3v) is 1.77. The summed E-state index contributed by atoms with van der Waals surface area (Å²) in [6, 6.07) is 0. The molecule has 58 valence electrons. The Labute approximate surface area is 67.1 Å². The van der Waals surface area contributed by atoms with Gasteiger partial charge in [0.1, 0.15) is 6.29 Å². The number of rotatable bonds is 4. The molecular formula is C8H13ClO. The zero-order valence-electron chi connectivity index (χ0n) is 6.48. The monoisotopic (exact) mass is 160 g/mol. The summed E-state index contributed by atoms with van der Waals surface area (Å²) >= 11 is 5.80. The number of carbonyl (C=O) groups is 1. The molecule has 0 bridgehead atoms. The molecular weight excluding hydrogens is 148 g/mol. The van der Waals surface area contributed by atoms with Crippen molar-refractivity contribution in [2.75, 3.05) is 0 Å². The minimum atomic E-state index is 0.722. The van der Waals surface area contributed by atoms with Gasteiger partial charge in [-0.25, -0.2) is 0 Å². The van der Waals surface area contributed by atoms with Crippen molar-refractivity contribution in [1.29, 1.82) is 0 Å². The Kier molecular flexibility index (Phi) is 5.32. The lowest BCUT2D eigenvalue weighted by Crippen LogP contribution is -1.86. The number of halogens is 1. The summed E-state index contributed by atoms with van der Waals surface area (Å²) < 4.78 is 0. The fourth-order valence-electron chi connectivity index (χ4n) is 0.719. The van der Waals surface area contributed by atoms with Gasteiger partial charge < -0.3 is 0 Å². The van der Waals surface area contributed by atoms with E-state index >= 15 is 0 Å². The van der Waals surface area contributed by atoms with Gasteiger partial charge in [-0.1, -0.05) is 31.9 Å². The molecule has 10 heavy (non-hydrogen) atoms. The third kappa shape index (κ3) is 3.02. The normalized spacial score (nSPS) is 12.7. The summed E-state index contributed by atoms with van der Waals surface area (Å²) in [6.07, 6.45) is 3.40. The lowest BCUT2D eigenvalue weighted by atomic mass is 10.2. The Balaban J connectivity index is 4.12. The zero-order chi connectivity index (χ0) is 7.98. The van der Waals surface area contributed by atoms with Crippen LogP contribution in [0.3, 0.4) is 0 Å². The van der Waals surface area contributed by atoms with Gasteiger partial charge >= 0.3 is 0 Å². The summed E-state index contributed by atoms with van der Waals surface area (Å²) in [5, 5.41) is 0.722. The fourth-order valence-corrected chi connectivity index (χ4v) is 1.09. The minimum Gasteiger partial charge on any atom is -0.298 e. The molecule has 0 fully saturated rings. The van der Waals surface area contributed by atoms with Gasteiger partial charge in [-0.15, -0.1) is 0 Å². The average molecular weight is 161 g/mol. The van der Waals surface area contributed by atoms with E-state index in [4.69, 9.17) is 11.6 Å². The van der Waals surface area contributed by atoms with Gasteiger partial charge in [-0.2, -0.15) is 0 Å². The van der Waals surface area contributed by atoms with E-state index in [1.807, 2.05) is 13.8 Å². The highest BCUT2D eigenvalue weighted by Gasteiger charge is 1.98. The smallest absolute Gasteiger partial charge is 0.147 e. The van der Waals surface area contributed by atoms with E-state index in [2.05, 4.69) is 0 Å². The zero-order valence-corrected chi connectivity index (χ0v) is 7.24. The first-order valence-electron chi connectivity index (χ1n) is 3.58. The first kappa shape index (κ1) is 9.70. The predicted octanol–water partition coefficient (Wildman–Crippen LogP) is 2.89. The van der Waals surface area contributed by atoms with Crippen LogP contribution in [0.4, 0.5) is 0 Å². The van der Waals surface area contributed by atoms with Crippen LogP contribution in [-0.4, -0.2) is 6.29 Å². The number of hydrogen-bond donors (Lipinski definition) is 0. The maximum atomic E-state index is 10.3. The Bertz CT molecular complexity index is 138. The van der Waals surface area contributed by atoms with Gasteiger partial charge in [0.2, 0.25) is 0 Å². The number of aldehydes is 1. The van der Waals surface area contributed by atoms with Crippen LogP contribution in [-0.2, 0) is 4.79 Å². The van der Waals surface area contributed by atoms with Crippen molar-refractivity contribution in [1.82, 2.24) is 0 Å². The van der Waals surface area contributed by atoms with Gasteiger partial charge in [0.15, 0.2) is 0 Å². The molecule has 0 aromatic heterocycles. The third-order valence-electron chi connectivity index (χ3n) is 1.34. The molecule has 0 spiro atoms. The van der Waals surface area contributed by atoms with E-state index in [1.165, 1.54) is 0 Å². The molecule has 1 nitrogen and oxygen atoms in total. The summed E-state index contributed by atoms with van der Waals surface area (Å²) in [7, 11) is 0. The molecule has 0 heterocycles. The van der Waals surface area contributed by atoms with Crippen LogP contribution in [0.15, 0.2) is 10.6 Å². The van der Waals surface area contributed by atoms with Crippen molar-refractivity contribution in [3.8, 4) is 0 Å².